The van der Waals surface area contributed by atoms with Crippen molar-refractivity contribution in [3.63, 3.8) is 0 Å². The van der Waals surface area contributed by atoms with E-state index < -0.39 is 24.2 Å². The van der Waals surface area contributed by atoms with Gasteiger partial charge in [0.1, 0.15) is 5.92 Å². The van der Waals surface area contributed by atoms with Crippen LogP contribution in [0.25, 0.3) is 0 Å². The van der Waals surface area contributed by atoms with E-state index in [2.05, 4.69) is 4.74 Å². The molecule has 0 saturated carbocycles. The van der Waals surface area contributed by atoms with Gasteiger partial charge in [-0.25, -0.2) is 4.79 Å². The molecule has 3 nitrogen and oxygen atoms in total. The number of esters is 1. The highest BCUT2D eigenvalue weighted by Gasteiger charge is 2.45. The summed E-state index contributed by atoms with van der Waals surface area (Å²) in [7, 11) is 0.934. The Morgan fingerprint density at radius 2 is 2.00 bits per heavy atom. The Balaban J connectivity index is 4.56. The molecule has 0 saturated heterocycles. The third-order valence-corrected chi connectivity index (χ3v) is 2.48. The van der Waals surface area contributed by atoms with E-state index in [0.717, 1.165) is 32.4 Å². The van der Waals surface area contributed by atoms with Crippen LogP contribution < -0.4 is 0 Å². The van der Waals surface area contributed by atoms with Gasteiger partial charge in [0.05, 0.1) is 7.11 Å². The van der Waals surface area contributed by atoms with Crippen molar-refractivity contribution in [1.82, 2.24) is 0 Å². The Morgan fingerprint density at radius 1 is 1.39 bits per heavy atom. The molecule has 0 fully saturated rings. The van der Waals surface area contributed by atoms with Gasteiger partial charge in [0, 0.05) is 0 Å². The van der Waals surface area contributed by atoms with Crippen LogP contribution in [0.2, 0.25) is 0 Å². The van der Waals surface area contributed by atoms with Crippen LogP contribution in [0.1, 0.15) is 32.6 Å². The van der Waals surface area contributed by atoms with E-state index in [0.29, 0.717) is 6.42 Å². The first-order valence-corrected chi connectivity index (χ1v) is 5.83. The Hall–Kier alpha value is -1.04. The summed E-state index contributed by atoms with van der Waals surface area (Å²) in [5.74, 6) is -3.50. The van der Waals surface area contributed by atoms with Gasteiger partial charge in [-0.2, -0.15) is 13.2 Å². The van der Waals surface area contributed by atoms with Crippen molar-refractivity contribution >= 4 is 5.97 Å². The van der Waals surface area contributed by atoms with Gasteiger partial charge in [0.2, 0.25) is 0 Å². The fourth-order valence-corrected chi connectivity index (χ4v) is 1.42. The molecule has 106 valence electrons. The van der Waals surface area contributed by atoms with Crippen molar-refractivity contribution < 1.29 is 27.8 Å². The molecule has 0 bridgehead atoms. The molecule has 6 heteroatoms. The zero-order valence-corrected chi connectivity index (χ0v) is 10.5. The molecule has 0 aliphatic rings. The fourth-order valence-electron chi connectivity index (χ4n) is 1.42. The van der Waals surface area contributed by atoms with Gasteiger partial charge in [-0.05, 0) is 12.8 Å². The molecule has 0 unspecified atom stereocenters. The van der Waals surface area contributed by atoms with Crippen LogP contribution in [0.15, 0.2) is 12.2 Å². The molecule has 0 amide bonds. The van der Waals surface area contributed by atoms with Crippen LogP contribution in [0.5, 0.6) is 0 Å². The SMILES string of the molecule is CCCCC/C=C/[C@H]([C@H](O)C(=O)OC)C(F)(F)F. The number of hydrogen-bond acceptors (Lipinski definition) is 3. The van der Waals surface area contributed by atoms with Crippen LogP contribution in [-0.4, -0.2) is 30.5 Å². The number of aliphatic hydroxyl groups excluding tert-OH is 1. The summed E-state index contributed by atoms with van der Waals surface area (Å²) in [6.45, 7) is 1.99. The maximum absolute atomic E-state index is 12.6. The normalized spacial score (nSPS) is 15.7. The van der Waals surface area contributed by atoms with Crippen molar-refractivity contribution in [2.45, 2.75) is 44.9 Å². The predicted molar refractivity (Wildman–Crippen MR) is 60.8 cm³/mol. The lowest BCUT2D eigenvalue weighted by Gasteiger charge is -2.20. The van der Waals surface area contributed by atoms with Gasteiger partial charge in [0.25, 0.3) is 0 Å². The van der Waals surface area contributed by atoms with Crippen LogP contribution in [0, 0.1) is 5.92 Å². The van der Waals surface area contributed by atoms with E-state index >= 15 is 0 Å². The molecule has 0 radical (unpaired) electrons. The molecular formula is C12H19F3O3. The first-order chi connectivity index (χ1) is 8.34. The lowest BCUT2D eigenvalue weighted by molar-refractivity contribution is -0.196. The summed E-state index contributed by atoms with van der Waals surface area (Å²) >= 11 is 0. The number of carbonyl (C=O) groups excluding carboxylic acids is 1. The minimum atomic E-state index is -4.67. The Morgan fingerprint density at radius 3 is 2.44 bits per heavy atom. The Labute approximate surface area is 105 Å². The van der Waals surface area contributed by atoms with Crippen LogP contribution >= 0.6 is 0 Å². The third-order valence-electron chi connectivity index (χ3n) is 2.48. The molecule has 2 atom stereocenters. The molecule has 0 heterocycles. The number of aliphatic hydroxyl groups is 1. The molecule has 1 N–H and O–H groups in total. The lowest BCUT2D eigenvalue weighted by Crippen LogP contribution is -2.38. The smallest absolute Gasteiger partial charge is 0.398 e. The fraction of sp³-hybridized carbons (Fsp3) is 0.750. The summed E-state index contributed by atoms with van der Waals surface area (Å²) < 4.78 is 42.0. The minimum absolute atomic E-state index is 0.494. The lowest BCUT2D eigenvalue weighted by atomic mass is 10.0. The maximum Gasteiger partial charge on any atom is 0.398 e. The molecule has 0 aliphatic carbocycles. The first kappa shape index (κ1) is 17.0. The standard InChI is InChI=1S/C12H19F3O3/c1-3-4-5-6-7-8-9(12(13,14)15)10(16)11(17)18-2/h7-10,16H,3-6H2,1-2H3/b8-7+/t9-,10+/m1/s1. The van der Waals surface area contributed by atoms with Crippen molar-refractivity contribution in [3.05, 3.63) is 12.2 Å². The Kier molecular flexibility index (Phi) is 7.66. The number of unbranched alkanes of at least 4 members (excludes halogenated alkanes) is 3. The molecule has 0 spiro atoms. The van der Waals surface area contributed by atoms with Gasteiger partial charge < -0.3 is 9.84 Å². The average Bonchev–Trinajstić information content (AvgIpc) is 2.30. The highest BCUT2D eigenvalue weighted by Crippen LogP contribution is 2.30. The molecular weight excluding hydrogens is 249 g/mol. The van der Waals surface area contributed by atoms with Gasteiger partial charge in [-0.15, -0.1) is 0 Å². The van der Waals surface area contributed by atoms with E-state index in [1.807, 2.05) is 6.92 Å². The second-order valence-electron chi connectivity index (χ2n) is 3.96. The zero-order chi connectivity index (χ0) is 14.2. The summed E-state index contributed by atoms with van der Waals surface area (Å²) in [6, 6.07) is 0. The number of allylic oxidation sites excluding steroid dienone is 1. The minimum Gasteiger partial charge on any atom is -0.467 e. The van der Waals surface area contributed by atoms with Gasteiger partial charge in [0.15, 0.2) is 6.10 Å². The van der Waals surface area contributed by atoms with Crippen LogP contribution in [0.3, 0.4) is 0 Å². The highest BCUT2D eigenvalue weighted by molar-refractivity contribution is 5.75. The third kappa shape index (κ3) is 6.05. The van der Waals surface area contributed by atoms with Crippen molar-refractivity contribution in [1.29, 1.82) is 0 Å². The molecule has 0 aromatic carbocycles. The maximum atomic E-state index is 12.6. The second-order valence-corrected chi connectivity index (χ2v) is 3.96. The molecule has 0 aliphatic heterocycles. The predicted octanol–water partition coefficient (Wildman–Crippen LogP) is 2.84. The van der Waals surface area contributed by atoms with Crippen LogP contribution in [-0.2, 0) is 9.53 Å². The number of methoxy groups -OCH3 is 1. The number of halogens is 3. The van der Waals surface area contributed by atoms with Gasteiger partial charge in [-0.3, -0.25) is 0 Å². The largest absolute Gasteiger partial charge is 0.467 e. The number of hydrogen-bond donors (Lipinski definition) is 1. The molecule has 0 aromatic heterocycles. The van der Waals surface area contributed by atoms with Crippen molar-refractivity contribution in [3.8, 4) is 0 Å². The number of ether oxygens (including phenoxy) is 1. The first-order valence-electron chi connectivity index (χ1n) is 5.83. The highest BCUT2D eigenvalue weighted by atomic mass is 19.4. The summed E-state index contributed by atoms with van der Waals surface area (Å²) in [4.78, 5) is 10.9. The zero-order valence-electron chi connectivity index (χ0n) is 10.5. The van der Waals surface area contributed by atoms with Gasteiger partial charge in [-0.1, -0.05) is 31.9 Å². The number of rotatable bonds is 7. The quantitative estimate of drug-likeness (QED) is 0.439. The second kappa shape index (κ2) is 8.13. The Bertz CT molecular complexity index is 274. The summed E-state index contributed by atoms with van der Waals surface area (Å²) in [6.07, 6.45) is -1.52. The topological polar surface area (TPSA) is 46.5 Å². The van der Waals surface area contributed by atoms with E-state index in [4.69, 9.17) is 0 Å². The summed E-state index contributed by atoms with van der Waals surface area (Å²) in [5, 5.41) is 9.27. The van der Waals surface area contributed by atoms with E-state index in [1.54, 1.807) is 0 Å². The summed E-state index contributed by atoms with van der Waals surface area (Å²) in [5.41, 5.74) is 0. The van der Waals surface area contributed by atoms with Crippen molar-refractivity contribution in [2.24, 2.45) is 5.92 Å². The van der Waals surface area contributed by atoms with E-state index in [-0.39, 0.29) is 0 Å². The average molecular weight is 268 g/mol. The molecule has 0 aromatic rings. The number of carbonyl (C=O) groups is 1. The molecule has 0 rings (SSSR count). The van der Waals surface area contributed by atoms with Crippen molar-refractivity contribution in [2.75, 3.05) is 7.11 Å². The molecule has 18 heavy (non-hydrogen) atoms. The monoisotopic (exact) mass is 268 g/mol. The van der Waals surface area contributed by atoms with E-state index in [1.165, 1.54) is 6.08 Å². The van der Waals surface area contributed by atoms with Crippen LogP contribution in [0.4, 0.5) is 13.2 Å². The van der Waals surface area contributed by atoms with Gasteiger partial charge >= 0.3 is 12.1 Å². The van der Waals surface area contributed by atoms with E-state index in [9.17, 15) is 23.1 Å². The number of alkyl halides is 3.